The number of nitrogens with two attached hydrogens (primary N) is 3. The highest BCUT2D eigenvalue weighted by atomic mass is 32.2. The maximum absolute atomic E-state index is 13.2. The van der Waals surface area contributed by atoms with Gasteiger partial charge in [-0.25, -0.2) is 4.79 Å². The summed E-state index contributed by atoms with van der Waals surface area (Å²) in [7, 11) is 0. The van der Waals surface area contributed by atoms with Gasteiger partial charge < -0.3 is 42.9 Å². The number of nitrogens with one attached hydrogen (secondary N) is 2. The summed E-state index contributed by atoms with van der Waals surface area (Å²) in [5.74, 6) is -2.52. The molecule has 0 saturated carbocycles. The third-order valence-electron chi connectivity index (χ3n) is 5.41. The smallest absolute Gasteiger partial charge is 0.326 e. The fraction of sp³-hybridized carbons (Fsp3) is 0.750. The molecule has 1 saturated heterocycles. The van der Waals surface area contributed by atoms with Crippen molar-refractivity contribution < 1.29 is 29.4 Å². The van der Waals surface area contributed by atoms with Crippen LogP contribution in [0.15, 0.2) is 4.99 Å². The number of thioether (sulfide) groups is 1. The van der Waals surface area contributed by atoms with Crippen LogP contribution in [0.4, 0.5) is 0 Å². The highest BCUT2D eigenvalue weighted by Crippen LogP contribution is 2.20. The number of aliphatic imine (C=N–C) groups is 1. The van der Waals surface area contributed by atoms with Crippen molar-refractivity contribution in [3.8, 4) is 0 Å². The van der Waals surface area contributed by atoms with Gasteiger partial charge in [0.05, 0.1) is 12.1 Å². The summed E-state index contributed by atoms with van der Waals surface area (Å²) in [6, 6.07) is -4.22. The van der Waals surface area contributed by atoms with Crippen molar-refractivity contribution in [2.45, 2.75) is 69.3 Å². The number of carbonyl (C=O) groups excluding carboxylic acids is 3. The minimum atomic E-state index is -1.31. The van der Waals surface area contributed by atoms with Gasteiger partial charge in [-0.15, -0.1) is 0 Å². The number of rotatable bonds is 14. The number of carboxylic acids is 1. The zero-order chi connectivity index (χ0) is 25.8. The number of carbonyl (C=O) groups is 4. The topological polar surface area (TPSA) is 226 Å². The van der Waals surface area contributed by atoms with Crippen LogP contribution in [0.5, 0.6) is 0 Å². The van der Waals surface area contributed by atoms with Crippen LogP contribution in [-0.2, 0) is 19.2 Å². The largest absolute Gasteiger partial charge is 0.480 e. The number of amides is 3. The average Bonchev–Trinajstić information content (AvgIpc) is 3.26. The molecule has 1 aliphatic heterocycles. The van der Waals surface area contributed by atoms with Crippen LogP contribution in [0.2, 0.25) is 0 Å². The van der Waals surface area contributed by atoms with Gasteiger partial charge in [0, 0.05) is 13.1 Å². The van der Waals surface area contributed by atoms with Gasteiger partial charge in [0.15, 0.2) is 5.96 Å². The summed E-state index contributed by atoms with van der Waals surface area (Å²) in [6.07, 6.45) is 2.39. The summed E-state index contributed by atoms with van der Waals surface area (Å²) in [4.78, 5) is 55.0. The summed E-state index contributed by atoms with van der Waals surface area (Å²) in [6.45, 7) is 1.88. The van der Waals surface area contributed by atoms with E-state index in [2.05, 4.69) is 15.6 Å². The van der Waals surface area contributed by atoms with Crippen molar-refractivity contribution in [2.75, 3.05) is 25.1 Å². The van der Waals surface area contributed by atoms with Crippen LogP contribution in [0.1, 0.15) is 39.0 Å². The second-order valence-corrected chi connectivity index (χ2v) is 9.14. The van der Waals surface area contributed by atoms with Gasteiger partial charge in [-0.2, -0.15) is 11.8 Å². The number of nitrogens with zero attached hydrogens (tertiary/aromatic N) is 2. The van der Waals surface area contributed by atoms with Crippen LogP contribution < -0.4 is 27.8 Å². The molecular weight excluding hydrogens is 466 g/mol. The summed E-state index contributed by atoms with van der Waals surface area (Å²) < 4.78 is 0. The summed E-state index contributed by atoms with van der Waals surface area (Å²) in [5, 5.41) is 24.5. The highest BCUT2D eigenvalue weighted by Gasteiger charge is 2.40. The maximum atomic E-state index is 13.2. The second-order valence-electron chi connectivity index (χ2n) is 8.15. The maximum Gasteiger partial charge on any atom is 0.326 e. The molecule has 10 N–H and O–H groups in total. The molecule has 14 heteroatoms. The molecule has 1 fully saturated rings. The van der Waals surface area contributed by atoms with Crippen molar-refractivity contribution in [2.24, 2.45) is 22.2 Å². The average molecular weight is 504 g/mol. The molecule has 1 heterocycles. The highest BCUT2D eigenvalue weighted by molar-refractivity contribution is 7.98. The Labute approximate surface area is 203 Å². The normalized spacial score (nSPS) is 18.9. The Kier molecular flexibility index (Phi) is 12.7. The minimum absolute atomic E-state index is 0.0686. The van der Waals surface area contributed by atoms with Crippen LogP contribution in [0, 0.1) is 0 Å². The number of aliphatic carboxylic acids is 1. The van der Waals surface area contributed by atoms with Gasteiger partial charge in [0.1, 0.15) is 18.1 Å². The van der Waals surface area contributed by atoms with Crippen LogP contribution in [-0.4, -0.2) is 100 Å². The predicted molar refractivity (Wildman–Crippen MR) is 129 cm³/mol. The number of carboxylic acid groups (broad SMARTS) is 1. The van der Waals surface area contributed by atoms with Gasteiger partial charge in [-0.05, 0) is 51.0 Å². The SMILES string of the molecule is CSCCC(NC(=O)C1CCCN1C(=O)C(NC(=O)C(N)CCCN=C(N)N)C(C)O)C(=O)O. The molecule has 0 radical (unpaired) electrons. The van der Waals surface area contributed by atoms with E-state index in [1.807, 2.05) is 6.26 Å². The van der Waals surface area contributed by atoms with E-state index in [-0.39, 0.29) is 25.3 Å². The monoisotopic (exact) mass is 503 g/mol. The van der Waals surface area contributed by atoms with Crippen molar-refractivity contribution in [3.63, 3.8) is 0 Å². The first-order valence-electron chi connectivity index (χ1n) is 11.1. The molecule has 3 amide bonds. The molecular formula is C20H37N7O6S. The minimum Gasteiger partial charge on any atom is -0.480 e. The molecule has 13 nitrogen and oxygen atoms in total. The molecule has 5 unspecified atom stereocenters. The fourth-order valence-electron chi connectivity index (χ4n) is 3.54. The van der Waals surface area contributed by atoms with Gasteiger partial charge in [0.25, 0.3) is 0 Å². The number of aliphatic hydroxyl groups excluding tert-OH is 1. The number of aliphatic hydroxyl groups is 1. The third-order valence-corrected chi connectivity index (χ3v) is 6.06. The van der Waals surface area contributed by atoms with Gasteiger partial charge in [0.2, 0.25) is 17.7 Å². The van der Waals surface area contributed by atoms with Crippen LogP contribution in [0.25, 0.3) is 0 Å². The molecule has 34 heavy (non-hydrogen) atoms. The Hall–Kier alpha value is -2.58. The van der Waals surface area contributed by atoms with Crippen molar-refractivity contribution in [3.05, 3.63) is 0 Å². The molecule has 0 spiro atoms. The van der Waals surface area contributed by atoms with E-state index >= 15 is 0 Å². The molecule has 1 rings (SSSR count). The van der Waals surface area contributed by atoms with E-state index in [0.29, 0.717) is 31.6 Å². The standard InChI is InChI=1S/C20H37N7O6S/c1-11(28)15(26-16(29)12(21)5-3-8-24-20(22)23)18(31)27-9-4-6-14(27)17(30)25-13(19(32)33)7-10-34-2/h11-15,28H,3-10,21H2,1-2H3,(H,25,30)(H,26,29)(H,32,33)(H4,22,23,24). The van der Waals surface area contributed by atoms with Gasteiger partial charge in [-0.1, -0.05) is 0 Å². The second kappa shape index (κ2) is 14.6. The van der Waals surface area contributed by atoms with Crippen molar-refractivity contribution in [1.82, 2.24) is 15.5 Å². The van der Waals surface area contributed by atoms with E-state index in [9.17, 15) is 29.4 Å². The molecule has 194 valence electrons. The quantitative estimate of drug-likeness (QED) is 0.0751. The Morgan fingerprint density at radius 3 is 2.44 bits per heavy atom. The van der Waals surface area contributed by atoms with Crippen molar-refractivity contribution >= 4 is 41.4 Å². The van der Waals surface area contributed by atoms with E-state index in [1.165, 1.54) is 23.6 Å². The van der Waals surface area contributed by atoms with Crippen LogP contribution >= 0.6 is 11.8 Å². The van der Waals surface area contributed by atoms with Crippen molar-refractivity contribution in [1.29, 1.82) is 0 Å². The van der Waals surface area contributed by atoms with Gasteiger partial charge >= 0.3 is 5.97 Å². The molecule has 0 aliphatic carbocycles. The third kappa shape index (κ3) is 9.35. The Balaban J connectivity index is 2.81. The number of guanidine groups is 1. The molecule has 0 aromatic rings. The lowest BCUT2D eigenvalue weighted by atomic mass is 10.1. The number of hydrogen-bond donors (Lipinski definition) is 7. The Morgan fingerprint density at radius 2 is 1.88 bits per heavy atom. The van der Waals surface area contributed by atoms with Crippen LogP contribution in [0.3, 0.4) is 0 Å². The van der Waals surface area contributed by atoms with E-state index < -0.39 is 54.0 Å². The fourth-order valence-corrected chi connectivity index (χ4v) is 4.01. The first-order valence-corrected chi connectivity index (χ1v) is 12.5. The number of hydrogen-bond acceptors (Lipinski definition) is 8. The lowest BCUT2D eigenvalue weighted by molar-refractivity contribution is -0.146. The molecule has 0 aromatic heterocycles. The lowest BCUT2D eigenvalue weighted by Crippen LogP contribution is -2.59. The number of likely N-dealkylation sites (tertiary alicyclic amines) is 1. The molecule has 0 bridgehead atoms. The molecule has 1 aliphatic rings. The summed E-state index contributed by atoms with van der Waals surface area (Å²) in [5.41, 5.74) is 16.4. The van der Waals surface area contributed by atoms with E-state index in [4.69, 9.17) is 17.2 Å². The molecule has 5 atom stereocenters. The van der Waals surface area contributed by atoms with E-state index in [0.717, 1.165) is 0 Å². The summed E-state index contributed by atoms with van der Waals surface area (Å²) >= 11 is 1.46. The first-order chi connectivity index (χ1) is 16.0. The van der Waals surface area contributed by atoms with Gasteiger partial charge in [-0.3, -0.25) is 19.4 Å². The zero-order valence-electron chi connectivity index (χ0n) is 19.6. The predicted octanol–water partition coefficient (Wildman–Crippen LogP) is -2.45. The zero-order valence-corrected chi connectivity index (χ0v) is 20.4. The lowest BCUT2D eigenvalue weighted by Gasteiger charge is -2.31. The van der Waals surface area contributed by atoms with E-state index in [1.54, 1.807) is 0 Å². The molecule has 0 aromatic carbocycles. The Bertz CT molecular complexity index is 747. The Morgan fingerprint density at radius 1 is 1.21 bits per heavy atom. The first kappa shape index (κ1) is 29.5.